The van der Waals surface area contributed by atoms with Gasteiger partial charge in [0.25, 0.3) is 0 Å². The van der Waals surface area contributed by atoms with Gasteiger partial charge in [0.15, 0.2) is 0 Å². The Morgan fingerprint density at radius 3 is 2.64 bits per heavy atom. The van der Waals surface area contributed by atoms with Crippen molar-refractivity contribution in [3.63, 3.8) is 0 Å². The molecule has 3 rings (SSSR count). The third kappa shape index (κ3) is 2.83. The fourth-order valence-electron chi connectivity index (χ4n) is 2.56. The van der Waals surface area contributed by atoms with E-state index in [-0.39, 0.29) is 12.6 Å². The normalized spacial score (nSPS) is 15.9. The number of benzene rings is 2. The summed E-state index contributed by atoms with van der Waals surface area (Å²) >= 11 is 18.6. The summed E-state index contributed by atoms with van der Waals surface area (Å²) < 4.78 is 5.92. The second-order valence-electron chi connectivity index (χ2n) is 4.90. The van der Waals surface area contributed by atoms with Crippen molar-refractivity contribution in [1.29, 1.82) is 0 Å². The van der Waals surface area contributed by atoms with Crippen LogP contribution in [-0.2, 0) is 6.42 Å². The van der Waals surface area contributed by atoms with E-state index in [0.717, 1.165) is 16.9 Å². The van der Waals surface area contributed by atoms with Crippen LogP contribution in [0.15, 0.2) is 35.4 Å². The van der Waals surface area contributed by atoms with Crippen LogP contribution < -0.4 is 4.74 Å². The molecule has 0 spiro atoms. The van der Waals surface area contributed by atoms with Crippen molar-refractivity contribution in [1.82, 2.24) is 0 Å². The van der Waals surface area contributed by atoms with Gasteiger partial charge in [-0.1, -0.05) is 58.1 Å². The molecule has 2 aromatic carbocycles. The molecule has 1 unspecified atom stereocenters. The molecule has 112 valence electrons. The zero-order valence-electron chi connectivity index (χ0n) is 11.3. The van der Waals surface area contributed by atoms with E-state index in [0.29, 0.717) is 27.1 Å². The largest absolute Gasteiger partial charge is 0.489 e. The molecule has 2 aromatic rings. The molecule has 1 aliphatic rings. The van der Waals surface area contributed by atoms with E-state index in [2.05, 4.69) is 10.0 Å². The molecule has 0 amide bonds. The van der Waals surface area contributed by atoms with Crippen LogP contribution in [0.5, 0.6) is 5.75 Å². The standard InChI is InChI=1S/C15H10Cl3N3O/c16-9-5-12(17)14(13(18)6-9)11-3-1-2-8-4-10(7-20-21-19)22-15(8)11/h1-3,5-6,10H,4,7H2. The molecule has 0 fully saturated rings. The van der Waals surface area contributed by atoms with Gasteiger partial charge in [-0.15, -0.1) is 0 Å². The van der Waals surface area contributed by atoms with Crippen molar-refractivity contribution in [3.05, 3.63) is 61.4 Å². The first kappa shape index (κ1) is 15.3. The van der Waals surface area contributed by atoms with Gasteiger partial charge < -0.3 is 4.74 Å². The first-order chi connectivity index (χ1) is 10.6. The maximum absolute atomic E-state index is 8.43. The highest BCUT2D eigenvalue weighted by Crippen LogP contribution is 2.45. The summed E-state index contributed by atoms with van der Waals surface area (Å²) in [6, 6.07) is 9.10. The van der Waals surface area contributed by atoms with E-state index >= 15 is 0 Å². The molecule has 22 heavy (non-hydrogen) atoms. The van der Waals surface area contributed by atoms with E-state index in [1.54, 1.807) is 12.1 Å². The van der Waals surface area contributed by atoms with Crippen LogP contribution in [0.25, 0.3) is 21.6 Å². The maximum atomic E-state index is 8.43. The Balaban J connectivity index is 2.06. The van der Waals surface area contributed by atoms with Crippen LogP contribution in [0, 0.1) is 0 Å². The van der Waals surface area contributed by atoms with Crippen molar-refractivity contribution in [3.8, 4) is 16.9 Å². The number of halogens is 3. The summed E-state index contributed by atoms with van der Waals surface area (Å²) in [6.07, 6.45) is 0.516. The van der Waals surface area contributed by atoms with Crippen LogP contribution in [-0.4, -0.2) is 12.6 Å². The lowest BCUT2D eigenvalue weighted by molar-refractivity contribution is 0.242. The Morgan fingerprint density at radius 1 is 1.23 bits per heavy atom. The molecule has 4 nitrogen and oxygen atoms in total. The van der Waals surface area contributed by atoms with Gasteiger partial charge in [-0.25, -0.2) is 0 Å². The second kappa shape index (κ2) is 6.27. The lowest BCUT2D eigenvalue weighted by Gasteiger charge is -2.13. The van der Waals surface area contributed by atoms with Gasteiger partial charge in [0.05, 0.1) is 16.6 Å². The lowest BCUT2D eigenvalue weighted by Crippen LogP contribution is -2.16. The minimum absolute atomic E-state index is 0.170. The third-order valence-corrected chi connectivity index (χ3v) is 4.27. The predicted molar refractivity (Wildman–Crippen MR) is 89.0 cm³/mol. The fraction of sp³-hybridized carbons (Fsp3) is 0.200. The van der Waals surface area contributed by atoms with Crippen molar-refractivity contribution in [2.75, 3.05) is 6.54 Å². The molecule has 0 bridgehead atoms. The van der Waals surface area contributed by atoms with Crippen molar-refractivity contribution in [2.45, 2.75) is 12.5 Å². The molecule has 1 atom stereocenters. The summed E-state index contributed by atoms with van der Waals surface area (Å²) in [6.45, 7) is 0.284. The smallest absolute Gasteiger partial charge is 0.130 e. The Kier molecular flexibility index (Phi) is 4.37. The Bertz CT molecular complexity index is 765. The molecule has 1 aliphatic heterocycles. The van der Waals surface area contributed by atoms with Gasteiger partial charge in [-0.05, 0) is 23.2 Å². The first-order valence-electron chi connectivity index (χ1n) is 6.54. The summed E-state index contributed by atoms with van der Waals surface area (Å²) in [5.41, 5.74) is 11.0. The SMILES string of the molecule is [N-]=[N+]=NCC1Cc2cccc(-c3c(Cl)cc(Cl)cc3Cl)c2O1. The number of azide groups is 1. The monoisotopic (exact) mass is 353 g/mol. The highest BCUT2D eigenvalue weighted by molar-refractivity contribution is 6.42. The number of ether oxygens (including phenoxy) is 1. The summed E-state index contributed by atoms with van der Waals surface area (Å²) in [7, 11) is 0. The quantitative estimate of drug-likeness (QED) is 0.383. The van der Waals surface area contributed by atoms with Crippen molar-refractivity contribution < 1.29 is 4.74 Å². The molecule has 0 aliphatic carbocycles. The van der Waals surface area contributed by atoms with Gasteiger partial charge >= 0.3 is 0 Å². The molecule has 0 N–H and O–H groups in total. The molecule has 0 saturated carbocycles. The number of nitrogens with zero attached hydrogens (tertiary/aromatic N) is 3. The molecule has 0 saturated heterocycles. The topological polar surface area (TPSA) is 58.0 Å². The van der Waals surface area contributed by atoms with Crippen molar-refractivity contribution in [2.24, 2.45) is 5.11 Å². The zero-order chi connectivity index (χ0) is 15.7. The van der Waals surface area contributed by atoms with Crippen LogP contribution in [0.3, 0.4) is 0 Å². The Morgan fingerprint density at radius 2 is 1.95 bits per heavy atom. The average molecular weight is 355 g/mol. The van der Waals surface area contributed by atoms with E-state index in [4.69, 9.17) is 45.1 Å². The van der Waals surface area contributed by atoms with E-state index < -0.39 is 0 Å². The third-order valence-electron chi connectivity index (χ3n) is 3.45. The number of para-hydroxylation sites is 1. The Labute approximate surface area is 142 Å². The molecule has 0 aromatic heterocycles. The predicted octanol–water partition coefficient (Wildman–Crippen LogP) is 5.93. The van der Waals surface area contributed by atoms with E-state index in [1.807, 2.05) is 18.2 Å². The highest BCUT2D eigenvalue weighted by Gasteiger charge is 2.26. The van der Waals surface area contributed by atoms with Gasteiger partial charge in [-0.2, -0.15) is 0 Å². The molecule has 7 heteroatoms. The molecular formula is C15H10Cl3N3O. The number of hydrogen-bond donors (Lipinski definition) is 0. The number of hydrogen-bond acceptors (Lipinski definition) is 2. The first-order valence-corrected chi connectivity index (χ1v) is 7.68. The van der Waals surface area contributed by atoms with Crippen LogP contribution in [0.2, 0.25) is 15.1 Å². The van der Waals surface area contributed by atoms with Gasteiger partial charge in [0.2, 0.25) is 0 Å². The number of fused-ring (bicyclic) bond motifs is 1. The highest BCUT2D eigenvalue weighted by atomic mass is 35.5. The minimum Gasteiger partial charge on any atom is -0.489 e. The lowest BCUT2D eigenvalue weighted by atomic mass is 10.0. The van der Waals surface area contributed by atoms with Crippen LogP contribution in [0.1, 0.15) is 5.56 Å². The van der Waals surface area contributed by atoms with E-state index in [1.165, 1.54) is 0 Å². The summed E-state index contributed by atoms with van der Waals surface area (Å²) in [4.78, 5) is 2.77. The average Bonchev–Trinajstić information content (AvgIpc) is 2.87. The molecule has 1 heterocycles. The summed E-state index contributed by atoms with van der Waals surface area (Å²) in [5.74, 6) is 0.728. The van der Waals surface area contributed by atoms with Gasteiger partial charge in [0, 0.05) is 27.5 Å². The zero-order valence-corrected chi connectivity index (χ0v) is 13.5. The molecular weight excluding hydrogens is 345 g/mol. The van der Waals surface area contributed by atoms with Gasteiger partial charge in [-0.3, -0.25) is 0 Å². The van der Waals surface area contributed by atoms with Crippen LogP contribution >= 0.6 is 34.8 Å². The molecule has 0 radical (unpaired) electrons. The van der Waals surface area contributed by atoms with E-state index in [9.17, 15) is 0 Å². The van der Waals surface area contributed by atoms with Crippen LogP contribution in [0.4, 0.5) is 0 Å². The Hall–Kier alpha value is -1.58. The maximum Gasteiger partial charge on any atom is 0.130 e. The number of rotatable bonds is 3. The minimum atomic E-state index is -0.170. The second-order valence-corrected chi connectivity index (χ2v) is 6.15. The fourth-order valence-corrected chi connectivity index (χ4v) is 3.58. The summed E-state index contributed by atoms with van der Waals surface area (Å²) in [5, 5.41) is 4.98. The van der Waals surface area contributed by atoms with Gasteiger partial charge in [0.1, 0.15) is 11.9 Å². The van der Waals surface area contributed by atoms with Crippen molar-refractivity contribution >= 4 is 34.8 Å².